The Morgan fingerprint density at radius 3 is 2.40 bits per heavy atom. The highest BCUT2D eigenvalue weighted by Gasteiger charge is 2.15. The molecule has 0 bridgehead atoms. The van der Waals surface area contributed by atoms with Gasteiger partial charge in [-0.05, 0) is 61.2 Å². The second kappa shape index (κ2) is 8.25. The van der Waals surface area contributed by atoms with Crippen LogP contribution in [-0.2, 0) is 6.61 Å². The van der Waals surface area contributed by atoms with Gasteiger partial charge in [-0.2, -0.15) is 0 Å². The molecular formula is C16H20BrNO2. The molecule has 0 amide bonds. The molecule has 0 aliphatic carbocycles. The van der Waals surface area contributed by atoms with Crippen molar-refractivity contribution in [3.8, 4) is 0 Å². The number of piperidine rings is 1. The Morgan fingerprint density at radius 1 is 1.15 bits per heavy atom. The number of benzene rings is 1. The number of furan rings is 1. The minimum absolute atomic E-state index is 0.118. The molecule has 0 saturated carbocycles. The number of aliphatic hydroxyl groups is 1. The smallest absolute Gasteiger partial charge is 0.0937 e. The zero-order valence-electron chi connectivity index (χ0n) is 11.4. The molecule has 4 heteroatoms. The predicted octanol–water partition coefficient (Wildman–Crippen LogP) is 3.69. The van der Waals surface area contributed by atoms with E-state index >= 15 is 0 Å². The topological polar surface area (TPSA) is 45.4 Å². The SMILES string of the molecule is OCc1ccc(Br)cc1.c1cc(C2CCNCC2)co1. The Balaban J connectivity index is 0.000000151. The number of rotatable bonds is 2. The van der Waals surface area contributed by atoms with E-state index in [-0.39, 0.29) is 6.61 Å². The third-order valence-corrected chi connectivity index (χ3v) is 3.98. The summed E-state index contributed by atoms with van der Waals surface area (Å²) in [4.78, 5) is 0. The van der Waals surface area contributed by atoms with Gasteiger partial charge in [0.05, 0.1) is 19.1 Å². The van der Waals surface area contributed by atoms with E-state index in [1.165, 1.54) is 18.4 Å². The maximum atomic E-state index is 8.61. The third-order valence-electron chi connectivity index (χ3n) is 3.45. The highest BCUT2D eigenvalue weighted by molar-refractivity contribution is 9.10. The van der Waals surface area contributed by atoms with Crippen LogP contribution >= 0.6 is 15.9 Å². The quantitative estimate of drug-likeness (QED) is 0.878. The molecule has 1 saturated heterocycles. The summed E-state index contributed by atoms with van der Waals surface area (Å²) in [5.41, 5.74) is 2.31. The molecule has 0 spiro atoms. The average Bonchev–Trinajstić information content (AvgIpc) is 3.04. The van der Waals surface area contributed by atoms with Gasteiger partial charge in [0, 0.05) is 4.47 Å². The van der Waals surface area contributed by atoms with Crippen LogP contribution in [0, 0.1) is 0 Å². The predicted molar refractivity (Wildman–Crippen MR) is 83.6 cm³/mol. The fourth-order valence-corrected chi connectivity index (χ4v) is 2.52. The minimum Gasteiger partial charge on any atom is -0.472 e. The molecule has 1 aromatic carbocycles. The van der Waals surface area contributed by atoms with E-state index in [2.05, 4.69) is 27.3 Å². The molecular weight excluding hydrogens is 318 g/mol. The first-order valence-corrected chi connectivity index (χ1v) is 7.67. The highest BCUT2D eigenvalue weighted by Crippen LogP contribution is 2.24. The third kappa shape index (κ3) is 4.78. The van der Waals surface area contributed by atoms with Gasteiger partial charge >= 0.3 is 0 Å². The van der Waals surface area contributed by atoms with Crippen LogP contribution in [0.3, 0.4) is 0 Å². The molecule has 3 nitrogen and oxygen atoms in total. The van der Waals surface area contributed by atoms with Crippen LogP contribution in [0.1, 0.15) is 29.9 Å². The number of halogens is 1. The molecule has 1 aliphatic heterocycles. The first kappa shape index (κ1) is 15.3. The average molecular weight is 338 g/mol. The molecule has 0 unspecified atom stereocenters. The molecule has 20 heavy (non-hydrogen) atoms. The molecule has 2 aromatic rings. The van der Waals surface area contributed by atoms with E-state index in [0.29, 0.717) is 0 Å². The lowest BCUT2D eigenvalue weighted by Gasteiger charge is -2.20. The van der Waals surface area contributed by atoms with Gasteiger partial charge in [-0.3, -0.25) is 0 Å². The molecule has 0 atom stereocenters. The summed E-state index contributed by atoms with van der Waals surface area (Å²) in [6.45, 7) is 2.42. The summed E-state index contributed by atoms with van der Waals surface area (Å²) >= 11 is 3.29. The van der Waals surface area contributed by atoms with Crippen LogP contribution in [0.2, 0.25) is 0 Å². The maximum absolute atomic E-state index is 8.61. The van der Waals surface area contributed by atoms with E-state index < -0.39 is 0 Å². The Bertz CT molecular complexity index is 476. The summed E-state index contributed by atoms with van der Waals surface area (Å²) in [5, 5.41) is 12.0. The van der Waals surface area contributed by atoms with Crippen molar-refractivity contribution < 1.29 is 9.52 Å². The first-order chi connectivity index (χ1) is 9.79. The second-order valence-electron chi connectivity index (χ2n) is 4.87. The Kier molecular flexibility index (Phi) is 6.30. The summed E-state index contributed by atoms with van der Waals surface area (Å²) in [6, 6.07) is 9.65. The van der Waals surface area contributed by atoms with Crippen molar-refractivity contribution in [1.29, 1.82) is 0 Å². The van der Waals surface area contributed by atoms with Gasteiger partial charge in [-0.1, -0.05) is 28.1 Å². The van der Waals surface area contributed by atoms with E-state index in [0.717, 1.165) is 29.0 Å². The second-order valence-corrected chi connectivity index (χ2v) is 5.78. The monoisotopic (exact) mass is 337 g/mol. The number of hydrogen-bond acceptors (Lipinski definition) is 3. The van der Waals surface area contributed by atoms with Crippen molar-refractivity contribution in [2.75, 3.05) is 13.1 Å². The van der Waals surface area contributed by atoms with Crippen LogP contribution in [0.25, 0.3) is 0 Å². The van der Waals surface area contributed by atoms with Gasteiger partial charge in [0.15, 0.2) is 0 Å². The van der Waals surface area contributed by atoms with Crippen molar-refractivity contribution >= 4 is 15.9 Å². The zero-order chi connectivity index (χ0) is 14.2. The summed E-state index contributed by atoms with van der Waals surface area (Å²) in [7, 11) is 0. The molecule has 0 radical (unpaired) electrons. The number of aliphatic hydroxyl groups excluding tert-OH is 1. The molecule has 1 aromatic heterocycles. The van der Waals surface area contributed by atoms with E-state index in [1.54, 1.807) is 6.26 Å². The normalized spacial score (nSPS) is 15.5. The van der Waals surface area contributed by atoms with E-state index in [9.17, 15) is 0 Å². The van der Waals surface area contributed by atoms with Crippen molar-refractivity contribution in [2.45, 2.75) is 25.4 Å². The van der Waals surface area contributed by atoms with E-state index in [4.69, 9.17) is 9.52 Å². The molecule has 108 valence electrons. The Morgan fingerprint density at radius 2 is 1.85 bits per heavy atom. The molecule has 2 N–H and O–H groups in total. The van der Waals surface area contributed by atoms with Crippen LogP contribution in [0.15, 0.2) is 51.7 Å². The van der Waals surface area contributed by atoms with Crippen molar-refractivity contribution in [3.63, 3.8) is 0 Å². The largest absolute Gasteiger partial charge is 0.472 e. The number of hydrogen-bond donors (Lipinski definition) is 2. The number of nitrogens with one attached hydrogen (secondary N) is 1. The van der Waals surface area contributed by atoms with Gasteiger partial charge in [0.25, 0.3) is 0 Å². The highest BCUT2D eigenvalue weighted by atomic mass is 79.9. The summed E-state index contributed by atoms with van der Waals surface area (Å²) in [6.07, 6.45) is 6.13. The maximum Gasteiger partial charge on any atom is 0.0937 e. The van der Waals surface area contributed by atoms with Crippen LogP contribution in [-0.4, -0.2) is 18.2 Å². The summed E-state index contributed by atoms with van der Waals surface area (Å²) < 4.78 is 6.09. The lowest BCUT2D eigenvalue weighted by Crippen LogP contribution is -2.26. The standard InChI is InChI=1S/C9H13NO.C7H7BrO/c1-4-10-5-2-8(1)9-3-6-11-7-9;8-7-3-1-6(5-9)2-4-7/h3,6-8,10H,1-2,4-5H2;1-4,9H,5H2. The lowest BCUT2D eigenvalue weighted by atomic mass is 9.92. The fourth-order valence-electron chi connectivity index (χ4n) is 2.25. The Hall–Kier alpha value is -1.10. The molecule has 2 heterocycles. The van der Waals surface area contributed by atoms with Gasteiger partial charge < -0.3 is 14.8 Å². The fraction of sp³-hybridized carbons (Fsp3) is 0.375. The van der Waals surface area contributed by atoms with Crippen molar-refractivity contribution in [1.82, 2.24) is 5.32 Å². The van der Waals surface area contributed by atoms with Crippen LogP contribution < -0.4 is 5.32 Å². The van der Waals surface area contributed by atoms with Crippen molar-refractivity contribution in [2.24, 2.45) is 0 Å². The lowest BCUT2D eigenvalue weighted by molar-refractivity contribution is 0.282. The first-order valence-electron chi connectivity index (χ1n) is 6.87. The van der Waals surface area contributed by atoms with Gasteiger partial charge in [0.2, 0.25) is 0 Å². The van der Waals surface area contributed by atoms with Gasteiger partial charge in [0.1, 0.15) is 0 Å². The minimum atomic E-state index is 0.118. The zero-order valence-corrected chi connectivity index (χ0v) is 13.0. The van der Waals surface area contributed by atoms with Gasteiger partial charge in [-0.15, -0.1) is 0 Å². The van der Waals surface area contributed by atoms with Crippen LogP contribution in [0.4, 0.5) is 0 Å². The van der Waals surface area contributed by atoms with E-state index in [1.807, 2.05) is 30.5 Å². The summed E-state index contributed by atoms with van der Waals surface area (Å²) in [5.74, 6) is 0.731. The molecule has 1 fully saturated rings. The van der Waals surface area contributed by atoms with Gasteiger partial charge in [-0.25, -0.2) is 0 Å². The molecule has 3 rings (SSSR count). The molecule has 1 aliphatic rings. The Labute approximate surface area is 128 Å². The van der Waals surface area contributed by atoms with Crippen molar-refractivity contribution in [3.05, 3.63) is 58.5 Å². The van der Waals surface area contributed by atoms with Crippen LogP contribution in [0.5, 0.6) is 0 Å².